The molecule has 0 spiro atoms. The number of para-hydroxylation sites is 1. The Hall–Kier alpha value is -3.54. The SMILES string of the molecule is CC1(C)CC(=O)C2=C(C1)Nc1[nH]n(-c3ccccc3)c(=O)c1[C@@H]2c1cccc(O)c1. The van der Waals surface area contributed by atoms with Gasteiger partial charge in [-0.2, -0.15) is 0 Å². The first-order chi connectivity index (χ1) is 14.3. The van der Waals surface area contributed by atoms with Crippen LogP contribution < -0.4 is 10.9 Å². The van der Waals surface area contributed by atoms with Crippen LogP contribution in [0.4, 0.5) is 5.82 Å². The second-order valence-corrected chi connectivity index (χ2v) is 8.86. The third-order valence-corrected chi connectivity index (χ3v) is 5.92. The Morgan fingerprint density at radius 2 is 1.80 bits per heavy atom. The minimum Gasteiger partial charge on any atom is -0.508 e. The molecule has 5 rings (SSSR count). The molecule has 2 aromatic carbocycles. The first-order valence-corrected chi connectivity index (χ1v) is 10.1. The lowest BCUT2D eigenvalue weighted by molar-refractivity contribution is -0.118. The molecule has 0 saturated carbocycles. The molecule has 152 valence electrons. The number of carbonyl (C=O) groups excluding carboxylic acids is 1. The summed E-state index contributed by atoms with van der Waals surface area (Å²) in [5, 5.41) is 16.6. The van der Waals surface area contributed by atoms with Gasteiger partial charge in [0.1, 0.15) is 11.6 Å². The van der Waals surface area contributed by atoms with Crippen molar-refractivity contribution in [2.45, 2.75) is 32.6 Å². The zero-order chi connectivity index (χ0) is 21.0. The molecule has 6 nitrogen and oxygen atoms in total. The summed E-state index contributed by atoms with van der Waals surface area (Å²) in [4.78, 5) is 26.7. The third kappa shape index (κ3) is 2.87. The second-order valence-electron chi connectivity index (χ2n) is 8.86. The van der Waals surface area contributed by atoms with E-state index >= 15 is 0 Å². The molecule has 30 heavy (non-hydrogen) atoms. The maximum Gasteiger partial charge on any atom is 0.277 e. The van der Waals surface area contributed by atoms with Gasteiger partial charge >= 0.3 is 0 Å². The normalized spacial score (nSPS) is 19.8. The van der Waals surface area contributed by atoms with E-state index in [1.54, 1.807) is 18.2 Å². The summed E-state index contributed by atoms with van der Waals surface area (Å²) in [6.45, 7) is 4.15. The van der Waals surface area contributed by atoms with Crippen LogP contribution in [-0.2, 0) is 4.79 Å². The molecule has 0 amide bonds. The molecule has 0 fully saturated rings. The molecular formula is C24H23N3O3. The van der Waals surface area contributed by atoms with E-state index in [1.807, 2.05) is 36.4 Å². The second kappa shape index (κ2) is 6.49. The summed E-state index contributed by atoms with van der Waals surface area (Å²) in [6, 6.07) is 16.2. The first kappa shape index (κ1) is 18.5. The summed E-state index contributed by atoms with van der Waals surface area (Å²) in [5.74, 6) is 0.221. The Kier molecular flexibility index (Phi) is 4.00. The van der Waals surface area contributed by atoms with Gasteiger partial charge in [0.2, 0.25) is 0 Å². The number of rotatable bonds is 2. The number of benzene rings is 2. The van der Waals surface area contributed by atoms with Crippen LogP contribution in [0.5, 0.6) is 5.75 Å². The maximum atomic E-state index is 13.5. The van der Waals surface area contributed by atoms with Crippen molar-refractivity contribution in [1.82, 2.24) is 9.78 Å². The average Bonchev–Trinajstić information content (AvgIpc) is 3.02. The topological polar surface area (TPSA) is 87.1 Å². The molecule has 3 N–H and O–H groups in total. The van der Waals surface area contributed by atoms with Crippen molar-refractivity contribution >= 4 is 11.6 Å². The molecule has 1 aliphatic carbocycles. The lowest BCUT2D eigenvalue weighted by Gasteiger charge is -2.37. The summed E-state index contributed by atoms with van der Waals surface area (Å²) in [6.07, 6.45) is 1.14. The van der Waals surface area contributed by atoms with Gasteiger partial charge in [-0.05, 0) is 41.7 Å². The van der Waals surface area contributed by atoms with Crippen molar-refractivity contribution in [3.8, 4) is 11.4 Å². The fourth-order valence-electron chi connectivity index (χ4n) is 4.69. The Morgan fingerprint density at radius 1 is 1.03 bits per heavy atom. The molecular weight excluding hydrogens is 378 g/mol. The number of allylic oxidation sites excluding steroid dienone is 2. The standard InChI is InChI=1S/C24H23N3O3/c1-24(2)12-17-20(18(29)13-24)19(14-7-6-10-16(28)11-14)21-22(25-17)26-27(23(21)30)15-8-4-3-5-9-15/h3-11,19,25-26,28H,12-13H2,1-2H3/t19-/m1/s1. The summed E-state index contributed by atoms with van der Waals surface area (Å²) >= 11 is 0. The van der Waals surface area contributed by atoms with Gasteiger partial charge < -0.3 is 10.4 Å². The van der Waals surface area contributed by atoms with Gasteiger partial charge in [0, 0.05) is 23.6 Å². The van der Waals surface area contributed by atoms with Crippen molar-refractivity contribution in [2.75, 3.05) is 5.32 Å². The number of aromatic hydroxyl groups is 1. The quantitative estimate of drug-likeness (QED) is 0.604. The van der Waals surface area contributed by atoms with Crippen LogP contribution in [0.25, 0.3) is 5.69 Å². The van der Waals surface area contributed by atoms with E-state index in [1.165, 1.54) is 4.68 Å². The van der Waals surface area contributed by atoms with Crippen LogP contribution in [0.1, 0.15) is 43.7 Å². The monoisotopic (exact) mass is 401 g/mol. The largest absolute Gasteiger partial charge is 0.508 e. The predicted octanol–water partition coefficient (Wildman–Crippen LogP) is 4.07. The molecule has 0 radical (unpaired) electrons. The third-order valence-electron chi connectivity index (χ3n) is 5.92. The molecule has 2 heterocycles. The number of fused-ring (bicyclic) bond motifs is 1. The molecule has 1 atom stereocenters. The van der Waals surface area contributed by atoms with E-state index in [0.717, 1.165) is 16.9 Å². The minimum absolute atomic E-state index is 0.0413. The lowest BCUT2D eigenvalue weighted by Crippen LogP contribution is -2.35. The van der Waals surface area contributed by atoms with Crippen molar-refractivity contribution in [3.05, 3.63) is 87.3 Å². The van der Waals surface area contributed by atoms with Crippen molar-refractivity contribution in [1.29, 1.82) is 0 Å². The molecule has 0 unspecified atom stereocenters. The Morgan fingerprint density at radius 3 is 2.53 bits per heavy atom. The zero-order valence-corrected chi connectivity index (χ0v) is 16.9. The van der Waals surface area contributed by atoms with Crippen LogP contribution in [0.15, 0.2) is 70.7 Å². The van der Waals surface area contributed by atoms with Crippen molar-refractivity contribution < 1.29 is 9.90 Å². The average molecular weight is 401 g/mol. The molecule has 2 aliphatic rings. The Bertz CT molecular complexity index is 1250. The summed E-state index contributed by atoms with van der Waals surface area (Å²) in [5.41, 5.74) is 3.05. The van der Waals surface area contributed by atoms with Gasteiger partial charge in [-0.3, -0.25) is 14.7 Å². The highest BCUT2D eigenvalue weighted by molar-refractivity contribution is 6.01. The molecule has 0 bridgehead atoms. The molecule has 1 aromatic heterocycles. The van der Waals surface area contributed by atoms with Gasteiger partial charge in [-0.25, -0.2) is 4.68 Å². The van der Waals surface area contributed by atoms with E-state index < -0.39 is 5.92 Å². The van der Waals surface area contributed by atoms with E-state index in [9.17, 15) is 14.7 Å². The maximum absolute atomic E-state index is 13.5. The highest BCUT2D eigenvalue weighted by Crippen LogP contribution is 2.48. The fourth-order valence-corrected chi connectivity index (χ4v) is 4.69. The molecule has 0 saturated heterocycles. The number of anilines is 1. The molecule has 1 aliphatic heterocycles. The number of aromatic nitrogens is 2. The van der Waals surface area contributed by atoms with Crippen LogP contribution in [0.2, 0.25) is 0 Å². The number of H-pyrrole nitrogens is 1. The van der Waals surface area contributed by atoms with Gasteiger partial charge in [-0.15, -0.1) is 0 Å². The zero-order valence-electron chi connectivity index (χ0n) is 16.9. The summed E-state index contributed by atoms with van der Waals surface area (Å²) in [7, 11) is 0. The number of hydrogen-bond donors (Lipinski definition) is 3. The van der Waals surface area contributed by atoms with E-state index in [2.05, 4.69) is 24.3 Å². The number of ketones is 1. The number of phenolic OH excluding ortho intramolecular Hbond substituents is 1. The van der Waals surface area contributed by atoms with E-state index in [0.29, 0.717) is 29.8 Å². The van der Waals surface area contributed by atoms with E-state index in [4.69, 9.17) is 0 Å². The first-order valence-electron chi connectivity index (χ1n) is 10.1. The van der Waals surface area contributed by atoms with Crippen molar-refractivity contribution in [3.63, 3.8) is 0 Å². The number of nitrogens with one attached hydrogen (secondary N) is 2. The number of aromatic amines is 1. The number of carbonyl (C=O) groups is 1. The summed E-state index contributed by atoms with van der Waals surface area (Å²) < 4.78 is 1.50. The minimum atomic E-state index is -0.527. The van der Waals surface area contributed by atoms with Gasteiger partial charge in [0.25, 0.3) is 5.56 Å². The van der Waals surface area contributed by atoms with Gasteiger partial charge in [0.05, 0.1) is 11.3 Å². The van der Waals surface area contributed by atoms with Crippen LogP contribution >= 0.6 is 0 Å². The lowest BCUT2D eigenvalue weighted by atomic mass is 9.69. The predicted molar refractivity (Wildman–Crippen MR) is 115 cm³/mol. The molecule has 3 aromatic rings. The fraction of sp³-hybridized carbons (Fsp3) is 0.250. The Balaban J connectivity index is 1.76. The smallest absolute Gasteiger partial charge is 0.277 e. The van der Waals surface area contributed by atoms with Gasteiger partial charge in [-0.1, -0.05) is 44.2 Å². The number of nitrogens with zero attached hydrogens (tertiary/aromatic N) is 1. The highest BCUT2D eigenvalue weighted by Gasteiger charge is 2.43. The highest BCUT2D eigenvalue weighted by atomic mass is 16.3. The van der Waals surface area contributed by atoms with Gasteiger partial charge in [0.15, 0.2) is 5.78 Å². The molecule has 6 heteroatoms. The van der Waals surface area contributed by atoms with Crippen molar-refractivity contribution in [2.24, 2.45) is 5.41 Å². The number of phenols is 1. The number of Topliss-reactive ketones (excluding diaryl/α,β-unsaturated/α-hetero) is 1. The number of hydrogen-bond acceptors (Lipinski definition) is 4. The van der Waals surface area contributed by atoms with Crippen LogP contribution in [0.3, 0.4) is 0 Å². The Labute approximate surface area is 173 Å². The van der Waals surface area contributed by atoms with Crippen LogP contribution in [0, 0.1) is 5.41 Å². The van der Waals surface area contributed by atoms with E-state index in [-0.39, 0.29) is 22.5 Å². The van der Waals surface area contributed by atoms with Crippen LogP contribution in [-0.4, -0.2) is 20.7 Å².